The van der Waals surface area contributed by atoms with Crippen molar-refractivity contribution >= 4 is 21.1 Å². The number of hydrogen-bond acceptors (Lipinski definition) is 4. The van der Waals surface area contributed by atoms with Crippen molar-refractivity contribution in [2.24, 2.45) is 0 Å². The van der Waals surface area contributed by atoms with Crippen LogP contribution in [-0.2, 0) is 25.3 Å². The molecule has 106 valence electrons. The van der Waals surface area contributed by atoms with Gasteiger partial charge in [-0.25, -0.2) is 12.6 Å². The fraction of sp³-hybridized carbons (Fsp3) is 0.500. The lowest BCUT2D eigenvalue weighted by atomic mass is 10.2. The van der Waals surface area contributed by atoms with Crippen molar-refractivity contribution < 1.29 is 16.8 Å². The van der Waals surface area contributed by atoms with Crippen LogP contribution < -0.4 is 0 Å². The van der Waals surface area contributed by atoms with Gasteiger partial charge in [-0.1, -0.05) is 6.42 Å². The van der Waals surface area contributed by atoms with Gasteiger partial charge in [-0.15, -0.1) is 0 Å². The summed E-state index contributed by atoms with van der Waals surface area (Å²) in [4.78, 5) is 0.700. The third kappa shape index (κ3) is 3.22. The first-order valence-electron chi connectivity index (χ1n) is 6.12. The average Bonchev–Trinajstić information content (AvgIpc) is 2.47. The summed E-state index contributed by atoms with van der Waals surface area (Å²) in [6, 6.07) is 6.01. The highest BCUT2D eigenvalue weighted by Crippen LogP contribution is 2.21. The van der Waals surface area contributed by atoms with Crippen molar-refractivity contribution in [3.8, 4) is 0 Å². The zero-order valence-corrected chi connectivity index (χ0v) is 12.4. The SMILES string of the molecule is COS(=O)c1ccc(S(=O)(=O)N2CCCCC2)cc1. The Labute approximate surface area is 116 Å². The molecule has 2 rings (SSSR count). The second-order valence-corrected chi connectivity index (χ2v) is 7.55. The van der Waals surface area contributed by atoms with Crippen LogP contribution in [-0.4, -0.2) is 37.1 Å². The van der Waals surface area contributed by atoms with Crippen LogP contribution in [0.3, 0.4) is 0 Å². The standard InChI is InChI=1S/C12H17NO4S2/c1-17-18(14)11-5-7-12(8-6-11)19(15,16)13-9-3-2-4-10-13/h5-8H,2-4,9-10H2,1H3. The number of benzene rings is 1. The van der Waals surface area contributed by atoms with Crippen LogP contribution in [0.25, 0.3) is 0 Å². The molecule has 1 fully saturated rings. The number of rotatable bonds is 4. The van der Waals surface area contributed by atoms with E-state index >= 15 is 0 Å². The quantitative estimate of drug-likeness (QED) is 0.846. The largest absolute Gasteiger partial charge is 0.290 e. The van der Waals surface area contributed by atoms with Crippen molar-refractivity contribution in [3.05, 3.63) is 24.3 Å². The van der Waals surface area contributed by atoms with Gasteiger partial charge in [-0.3, -0.25) is 4.18 Å². The van der Waals surface area contributed by atoms with Crippen molar-refractivity contribution in [3.63, 3.8) is 0 Å². The molecule has 5 nitrogen and oxygen atoms in total. The molecule has 0 aromatic heterocycles. The Morgan fingerprint density at radius 2 is 1.68 bits per heavy atom. The molecule has 0 saturated carbocycles. The van der Waals surface area contributed by atoms with E-state index in [-0.39, 0.29) is 4.90 Å². The number of piperidine rings is 1. The Morgan fingerprint density at radius 3 is 2.21 bits per heavy atom. The summed E-state index contributed by atoms with van der Waals surface area (Å²) in [5.41, 5.74) is 0. The lowest BCUT2D eigenvalue weighted by molar-refractivity contribution is 0.346. The van der Waals surface area contributed by atoms with Gasteiger partial charge in [0.2, 0.25) is 10.0 Å². The molecule has 1 atom stereocenters. The molecule has 1 unspecified atom stereocenters. The first-order valence-corrected chi connectivity index (χ1v) is 8.63. The Morgan fingerprint density at radius 1 is 1.11 bits per heavy atom. The third-order valence-electron chi connectivity index (χ3n) is 3.12. The van der Waals surface area contributed by atoms with E-state index in [9.17, 15) is 12.6 Å². The van der Waals surface area contributed by atoms with E-state index in [0.29, 0.717) is 18.0 Å². The van der Waals surface area contributed by atoms with E-state index in [1.54, 1.807) is 0 Å². The maximum Gasteiger partial charge on any atom is 0.243 e. The van der Waals surface area contributed by atoms with Crippen LogP contribution in [0.15, 0.2) is 34.1 Å². The fourth-order valence-corrected chi connectivity index (χ4v) is 4.14. The predicted octanol–water partition coefficient (Wildman–Crippen LogP) is 1.53. The van der Waals surface area contributed by atoms with Gasteiger partial charge in [0.05, 0.1) is 16.9 Å². The van der Waals surface area contributed by atoms with Crippen molar-refractivity contribution in [2.45, 2.75) is 29.1 Å². The smallest absolute Gasteiger partial charge is 0.243 e. The minimum atomic E-state index is -3.42. The summed E-state index contributed by atoms with van der Waals surface area (Å²) < 4.78 is 42.3. The summed E-state index contributed by atoms with van der Waals surface area (Å²) in [5, 5.41) is 0. The molecule has 1 aromatic rings. The van der Waals surface area contributed by atoms with E-state index in [1.165, 1.54) is 35.7 Å². The Kier molecular flexibility index (Phi) is 4.72. The summed E-state index contributed by atoms with van der Waals surface area (Å²) in [5.74, 6) is 0. The zero-order valence-electron chi connectivity index (χ0n) is 10.7. The van der Waals surface area contributed by atoms with Gasteiger partial charge in [-0.05, 0) is 37.1 Å². The van der Waals surface area contributed by atoms with Gasteiger partial charge < -0.3 is 0 Å². The number of sulfonamides is 1. The van der Waals surface area contributed by atoms with Gasteiger partial charge in [0, 0.05) is 13.1 Å². The van der Waals surface area contributed by atoms with Crippen molar-refractivity contribution in [1.82, 2.24) is 4.31 Å². The summed E-state index contributed by atoms with van der Waals surface area (Å²) >= 11 is -1.54. The van der Waals surface area contributed by atoms with Crippen LogP contribution in [0.1, 0.15) is 19.3 Å². The fourth-order valence-electron chi connectivity index (χ4n) is 2.07. The molecule has 0 amide bonds. The summed E-state index contributed by atoms with van der Waals surface area (Å²) in [6.45, 7) is 1.15. The molecule has 0 N–H and O–H groups in total. The average molecular weight is 303 g/mol. The van der Waals surface area contributed by atoms with Crippen molar-refractivity contribution in [1.29, 1.82) is 0 Å². The molecule has 1 aromatic carbocycles. The topological polar surface area (TPSA) is 63.7 Å². The molecule has 0 spiro atoms. The Hall–Kier alpha value is -0.760. The minimum Gasteiger partial charge on any atom is -0.290 e. The monoisotopic (exact) mass is 303 g/mol. The first kappa shape index (κ1) is 14.6. The molecular formula is C12H17NO4S2. The number of nitrogens with zero attached hydrogens (tertiary/aromatic N) is 1. The van der Waals surface area contributed by atoms with Gasteiger partial charge in [0.1, 0.15) is 0 Å². The molecule has 1 heterocycles. The molecular weight excluding hydrogens is 286 g/mol. The van der Waals surface area contributed by atoms with E-state index in [0.717, 1.165) is 19.3 Å². The first-order chi connectivity index (χ1) is 9.05. The Balaban J connectivity index is 2.23. The van der Waals surface area contributed by atoms with Crippen LogP contribution >= 0.6 is 0 Å². The minimum absolute atomic E-state index is 0.242. The third-order valence-corrected chi connectivity index (χ3v) is 5.99. The highest BCUT2D eigenvalue weighted by Gasteiger charge is 2.25. The molecule has 7 heteroatoms. The normalized spacial score (nSPS) is 19.2. The van der Waals surface area contributed by atoms with Gasteiger partial charge in [-0.2, -0.15) is 4.31 Å². The lowest BCUT2D eigenvalue weighted by Gasteiger charge is -2.25. The second kappa shape index (κ2) is 6.13. The van der Waals surface area contributed by atoms with Crippen LogP contribution in [0.4, 0.5) is 0 Å². The van der Waals surface area contributed by atoms with E-state index in [4.69, 9.17) is 4.18 Å². The van der Waals surface area contributed by atoms with E-state index in [2.05, 4.69) is 0 Å². The maximum atomic E-state index is 12.4. The molecule has 1 aliphatic heterocycles. The Bertz CT molecular complexity index is 548. The van der Waals surface area contributed by atoms with Crippen LogP contribution in [0, 0.1) is 0 Å². The molecule has 0 radical (unpaired) electrons. The highest BCUT2D eigenvalue weighted by atomic mass is 32.2. The lowest BCUT2D eigenvalue weighted by Crippen LogP contribution is -2.35. The van der Waals surface area contributed by atoms with E-state index in [1.807, 2.05) is 0 Å². The molecule has 1 saturated heterocycles. The van der Waals surface area contributed by atoms with E-state index < -0.39 is 21.1 Å². The summed E-state index contributed by atoms with van der Waals surface area (Å²) in [6.07, 6.45) is 2.90. The van der Waals surface area contributed by atoms with Crippen LogP contribution in [0.5, 0.6) is 0 Å². The van der Waals surface area contributed by atoms with Gasteiger partial charge in [0.15, 0.2) is 11.1 Å². The van der Waals surface area contributed by atoms with Gasteiger partial charge >= 0.3 is 0 Å². The van der Waals surface area contributed by atoms with Crippen molar-refractivity contribution in [2.75, 3.05) is 20.2 Å². The van der Waals surface area contributed by atoms with Crippen LogP contribution in [0.2, 0.25) is 0 Å². The zero-order chi connectivity index (χ0) is 13.9. The highest BCUT2D eigenvalue weighted by molar-refractivity contribution is 7.89. The number of hydrogen-bond donors (Lipinski definition) is 0. The molecule has 0 aliphatic carbocycles. The predicted molar refractivity (Wildman–Crippen MR) is 72.5 cm³/mol. The maximum absolute atomic E-state index is 12.4. The molecule has 19 heavy (non-hydrogen) atoms. The molecule has 0 bridgehead atoms. The van der Waals surface area contributed by atoms with Gasteiger partial charge in [0.25, 0.3) is 0 Å². The molecule has 1 aliphatic rings. The summed E-state index contributed by atoms with van der Waals surface area (Å²) in [7, 11) is -2.08. The second-order valence-electron chi connectivity index (χ2n) is 4.34.